The number of hydrogen-bond acceptors (Lipinski definition) is 4. The van der Waals surface area contributed by atoms with Crippen molar-refractivity contribution in [2.45, 2.75) is 20.3 Å². The van der Waals surface area contributed by atoms with Crippen LogP contribution in [0.25, 0.3) is 0 Å². The second kappa shape index (κ2) is 5.60. The second-order valence-corrected chi connectivity index (χ2v) is 3.69. The van der Waals surface area contributed by atoms with E-state index in [0.29, 0.717) is 24.7 Å². The van der Waals surface area contributed by atoms with Crippen LogP contribution >= 0.6 is 0 Å². The van der Waals surface area contributed by atoms with Crippen LogP contribution < -0.4 is 11.1 Å². The van der Waals surface area contributed by atoms with Crippen LogP contribution in [-0.4, -0.2) is 23.1 Å². The van der Waals surface area contributed by atoms with Gasteiger partial charge in [0, 0.05) is 6.54 Å². The summed E-state index contributed by atoms with van der Waals surface area (Å²) in [4.78, 5) is 7.60. The summed E-state index contributed by atoms with van der Waals surface area (Å²) in [5.74, 6) is 0.300. The number of nitrogens with two attached hydrogens (primary N) is 1. The Kier molecular flexibility index (Phi) is 4.42. The summed E-state index contributed by atoms with van der Waals surface area (Å²) in [5, 5.41) is 2.96. The first-order chi connectivity index (χ1) is 7.15. The van der Waals surface area contributed by atoms with Gasteiger partial charge in [-0.2, -0.15) is 0 Å². The van der Waals surface area contributed by atoms with E-state index in [9.17, 15) is 4.39 Å². The maximum absolute atomic E-state index is 13.4. The van der Waals surface area contributed by atoms with Crippen molar-refractivity contribution in [3.05, 3.63) is 17.8 Å². The van der Waals surface area contributed by atoms with Crippen LogP contribution in [0.2, 0.25) is 0 Å². The Morgan fingerprint density at radius 1 is 1.53 bits per heavy atom. The molecule has 1 rings (SSSR count). The van der Waals surface area contributed by atoms with E-state index in [-0.39, 0.29) is 11.6 Å². The molecular formula is C10H17FN4. The molecule has 1 heterocycles. The Morgan fingerprint density at radius 2 is 2.27 bits per heavy atom. The van der Waals surface area contributed by atoms with Gasteiger partial charge >= 0.3 is 0 Å². The van der Waals surface area contributed by atoms with Gasteiger partial charge < -0.3 is 11.1 Å². The first-order valence-electron chi connectivity index (χ1n) is 5.06. The van der Waals surface area contributed by atoms with Crippen LogP contribution in [-0.2, 0) is 0 Å². The number of aryl methyl sites for hydroxylation is 1. The van der Waals surface area contributed by atoms with E-state index in [1.54, 1.807) is 6.92 Å². The smallest absolute Gasteiger partial charge is 0.186 e. The predicted octanol–water partition coefficient (Wildman–Crippen LogP) is 1.32. The van der Waals surface area contributed by atoms with Crippen LogP contribution in [0.3, 0.4) is 0 Å². The lowest BCUT2D eigenvalue weighted by Gasteiger charge is -2.12. The SMILES string of the molecule is Cc1ncnc(NCC(C)CCN)c1F. The van der Waals surface area contributed by atoms with E-state index in [2.05, 4.69) is 22.2 Å². The maximum atomic E-state index is 13.4. The fourth-order valence-corrected chi connectivity index (χ4v) is 1.24. The zero-order chi connectivity index (χ0) is 11.3. The van der Waals surface area contributed by atoms with Crippen molar-refractivity contribution >= 4 is 5.82 Å². The molecule has 0 radical (unpaired) electrons. The van der Waals surface area contributed by atoms with E-state index in [0.717, 1.165) is 6.42 Å². The third-order valence-electron chi connectivity index (χ3n) is 2.24. The van der Waals surface area contributed by atoms with Crippen LogP contribution in [0.4, 0.5) is 10.2 Å². The molecule has 1 aromatic rings. The minimum atomic E-state index is -0.377. The van der Waals surface area contributed by atoms with Gasteiger partial charge in [-0.3, -0.25) is 0 Å². The number of nitrogens with one attached hydrogen (secondary N) is 1. The molecule has 0 saturated carbocycles. The predicted molar refractivity (Wildman–Crippen MR) is 58.1 cm³/mol. The molecule has 84 valence electrons. The van der Waals surface area contributed by atoms with Crippen molar-refractivity contribution in [3.63, 3.8) is 0 Å². The van der Waals surface area contributed by atoms with Crippen molar-refractivity contribution in [3.8, 4) is 0 Å². The third kappa shape index (κ3) is 3.43. The molecule has 3 N–H and O–H groups in total. The van der Waals surface area contributed by atoms with Crippen molar-refractivity contribution in [1.29, 1.82) is 0 Å². The average Bonchev–Trinajstić information content (AvgIpc) is 2.21. The quantitative estimate of drug-likeness (QED) is 0.772. The minimum Gasteiger partial charge on any atom is -0.367 e. The molecule has 0 amide bonds. The maximum Gasteiger partial charge on any atom is 0.186 e. The highest BCUT2D eigenvalue weighted by atomic mass is 19.1. The summed E-state index contributed by atoms with van der Waals surface area (Å²) in [6.45, 7) is 5.00. The lowest BCUT2D eigenvalue weighted by molar-refractivity contribution is 0.559. The molecule has 1 atom stereocenters. The van der Waals surface area contributed by atoms with Crippen LogP contribution in [0.5, 0.6) is 0 Å². The Labute approximate surface area is 89.1 Å². The largest absolute Gasteiger partial charge is 0.367 e. The molecule has 0 saturated heterocycles. The molecule has 4 nitrogen and oxygen atoms in total. The molecule has 0 fully saturated rings. The molecule has 15 heavy (non-hydrogen) atoms. The number of rotatable bonds is 5. The van der Waals surface area contributed by atoms with Crippen molar-refractivity contribution in [2.24, 2.45) is 11.7 Å². The van der Waals surface area contributed by atoms with Crippen molar-refractivity contribution in [1.82, 2.24) is 9.97 Å². The first-order valence-corrected chi connectivity index (χ1v) is 5.06. The summed E-state index contributed by atoms with van der Waals surface area (Å²) in [6, 6.07) is 0. The van der Waals surface area contributed by atoms with Gasteiger partial charge in [-0.05, 0) is 25.8 Å². The highest BCUT2D eigenvalue weighted by molar-refractivity contribution is 5.36. The molecule has 0 bridgehead atoms. The third-order valence-corrected chi connectivity index (χ3v) is 2.24. The van der Waals surface area contributed by atoms with Gasteiger partial charge in [0.1, 0.15) is 6.33 Å². The summed E-state index contributed by atoms with van der Waals surface area (Å²) in [5.41, 5.74) is 5.79. The fourth-order valence-electron chi connectivity index (χ4n) is 1.24. The summed E-state index contributed by atoms with van der Waals surface area (Å²) in [6.07, 6.45) is 2.27. The van der Waals surface area contributed by atoms with Gasteiger partial charge in [0.05, 0.1) is 5.69 Å². The van der Waals surface area contributed by atoms with E-state index in [4.69, 9.17) is 5.73 Å². The standard InChI is InChI=1S/C10H17FN4/c1-7(3-4-12)5-13-10-9(11)8(2)14-6-15-10/h6-7H,3-5,12H2,1-2H3,(H,13,14,15). The Balaban J connectivity index is 2.54. The number of aromatic nitrogens is 2. The highest BCUT2D eigenvalue weighted by Gasteiger charge is 2.08. The molecule has 1 unspecified atom stereocenters. The van der Waals surface area contributed by atoms with Gasteiger partial charge in [-0.1, -0.05) is 6.92 Å². The van der Waals surface area contributed by atoms with Crippen LogP contribution in [0.15, 0.2) is 6.33 Å². The van der Waals surface area contributed by atoms with Gasteiger partial charge in [-0.25, -0.2) is 14.4 Å². The van der Waals surface area contributed by atoms with E-state index >= 15 is 0 Å². The zero-order valence-corrected chi connectivity index (χ0v) is 9.13. The van der Waals surface area contributed by atoms with Crippen molar-refractivity contribution in [2.75, 3.05) is 18.4 Å². The molecule has 0 aliphatic heterocycles. The van der Waals surface area contributed by atoms with Gasteiger partial charge in [0.25, 0.3) is 0 Å². The Bertz CT molecular complexity index is 316. The molecule has 0 aliphatic rings. The lowest BCUT2D eigenvalue weighted by atomic mass is 10.1. The van der Waals surface area contributed by atoms with Gasteiger partial charge in [0.2, 0.25) is 0 Å². The highest BCUT2D eigenvalue weighted by Crippen LogP contribution is 2.12. The van der Waals surface area contributed by atoms with E-state index in [1.807, 2.05) is 0 Å². The monoisotopic (exact) mass is 212 g/mol. The van der Waals surface area contributed by atoms with E-state index < -0.39 is 0 Å². The number of anilines is 1. The number of hydrogen-bond donors (Lipinski definition) is 2. The second-order valence-electron chi connectivity index (χ2n) is 3.69. The fraction of sp³-hybridized carbons (Fsp3) is 0.600. The van der Waals surface area contributed by atoms with Crippen LogP contribution in [0.1, 0.15) is 19.0 Å². The summed E-state index contributed by atoms with van der Waals surface area (Å²) >= 11 is 0. The lowest BCUT2D eigenvalue weighted by Crippen LogP contribution is -2.16. The number of nitrogens with zero attached hydrogens (tertiary/aromatic N) is 2. The Morgan fingerprint density at radius 3 is 2.93 bits per heavy atom. The first kappa shape index (κ1) is 11.8. The Hall–Kier alpha value is -1.23. The summed E-state index contributed by atoms with van der Waals surface area (Å²) in [7, 11) is 0. The number of halogens is 1. The normalized spacial score (nSPS) is 12.5. The van der Waals surface area contributed by atoms with Gasteiger partial charge in [0.15, 0.2) is 11.6 Å². The minimum absolute atomic E-state index is 0.270. The average molecular weight is 212 g/mol. The molecule has 1 aromatic heterocycles. The molecule has 0 aromatic carbocycles. The molecule has 0 aliphatic carbocycles. The van der Waals surface area contributed by atoms with Crippen molar-refractivity contribution < 1.29 is 4.39 Å². The molecular weight excluding hydrogens is 195 g/mol. The molecule has 5 heteroatoms. The van der Waals surface area contributed by atoms with Gasteiger partial charge in [-0.15, -0.1) is 0 Å². The van der Waals surface area contributed by atoms with E-state index in [1.165, 1.54) is 6.33 Å². The zero-order valence-electron chi connectivity index (χ0n) is 9.13. The molecule has 0 spiro atoms. The topological polar surface area (TPSA) is 63.8 Å². The van der Waals surface area contributed by atoms with Crippen LogP contribution in [0, 0.1) is 18.7 Å². The summed E-state index contributed by atoms with van der Waals surface area (Å²) < 4.78 is 13.4.